The maximum Gasteiger partial charge on any atom is 0.136 e. The van der Waals surface area contributed by atoms with Crippen LogP contribution in [0.5, 0.6) is 5.75 Å². The molecule has 0 fully saturated rings. The first-order valence-corrected chi connectivity index (χ1v) is 9.47. The first-order chi connectivity index (χ1) is 12.2. The minimum atomic E-state index is 0.147. The fourth-order valence-electron chi connectivity index (χ4n) is 2.96. The molecule has 5 nitrogen and oxygen atoms in total. The van der Waals surface area contributed by atoms with Gasteiger partial charge < -0.3 is 9.64 Å². The van der Waals surface area contributed by atoms with E-state index in [1.807, 2.05) is 37.7 Å². The highest BCUT2D eigenvalue weighted by molar-refractivity contribution is 8.02. The van der Waals surface area contributed by atoms with Crippen molar-refractivity contribution in [1.82, 2.24) is 9.97 Å². The number of thioether (sulfide) groups is 1. The van der Waals surface area contributed by atoms with Crippen molar-refractivity contribution in [3.8, 4) is 5.75 Å². The molecule has 1 aromatic heterocycles. The number of aromatic nitrogens is 2. The number of hydrogen-bond acceptors (Lipinski definition) is 6. The van der Waals surface area contributed by atoms with Crippen LogP contribution in [0.4, 0.5) is 5.82 Å². The van der Waals surface area contributed by atoms with Crippen LogP contribution in [0.15, 0.2) is 47.2 Å². The number of fused-ring (bicyclic) bond motifs is 1. The molecule has 25 heavy (non-hydrogen) atoms. The van der Waals surface area contributed by atoms with Crippen LogP contribution in [-0.4, -0.2) is 34.1 Å². The first-order valence-electron chi connectivity index (χ1n) is 8.42. The van der Waals surface area contributed by atoms with Crippen molar-refractivity contribution < 1.29 is 4.74 Å². The minimum absolute atomic E-state index is 0.147. The number of aliphatic imine (C=N–C) groups is 1. The van der Waals surface area contributed by atoms with Crippen LogP contribution in [-0.2, 0) is 6.54 Å². The molecule has 0 unspecified atom stereocenters. The Bertz CT molecular complexity index is 847. The van der Waals surface area contributed by atoms with E-state index in [4.69, 9.17) is 9.73 Å². The molecular formula is C19H20N4OS. The smallest absolute Gasteiger partial charge is 0.136 e. The molecule has 128 valence electrons. The van der Waals surface area contributed by atoms with Crippen LogP contribution in [0, 0.1) is 0 Å². The van der Waals surface area contributed by atoms with Crippen molar-refractivity contribution in [3.63, 3.8) is 0 Å². The van der Waals surface area contributed by atoms with E-state index in [0.717, 1.165) is 40.8 Å². The maximum atomic E-state index is 5.84. The predicted octanol–water partition coefficient (Wildman–Crippen LogP) is 3.64. The van der Waals surface area contributed by atoms with Gasteiger partial charge in [0.15, 0.2) is 0 Å². The van der Waals surface area contributed by atoms with Gasteiger partial charge in [0.05, 0.1) is 24.1 Å². The lowest BCUT2D eigenvalue weighted by molar-refractivity contribution is 0.242. The summed E-state index contributed by atoms with van der Waals surface area (Å²) in [6, 6.07) is 8.19. The molecule has 0 saturated heterocycles. The van der Waals surface area contributed by atoms with Crippen molar-refractivity contribution in [1.29, 1.82) is 0 Å². The lowest BCUT2D eigenvalue weighted by atomic mass is 10.0. The third kappa shape index (κ3) is 3.39. The van der Waals surface area contributed by atoms with Crippen molar-refractivity contribution in [2.45, 2.75) is 26.5 Å². The maximum absolute atomic E-state index is 5.84. The van der Waals surface area contributed by atoms with E-state index in [9.17, 15) is 0 Å². The number of rotatable bonds is 4. The molecule has 0 radical (unpaired) electrons. The molecule has 0 spiro atoms. The normalized spacial score (nSPS) is 16.1. The average Bonchev–Trinajstić information content (AvgIpc) is 3.05. The lowest BCUT2D eigenvalue weighted by Gasteiger charge is -2.22. The number of anilines is 1. The molecule has 4 rings (SSSR count). The molecule has 3 heterocycles. The van der Waals surface area contributed by atoms with E-state index in [-0.39, 0.29) is 6.10 Å². The fourth-order valence-corrected chi connectivity index (χ4v) is 3.63. The summed E-state index contributed by atoms with van der Waals surface area (Å²) in [4.78, 5) is 15.7. The van der Waals surface area contributed by atoms with Crippen molar-refractivity contribution in [2.24, 2.45) is 4.99 Å². The molecule has 6 heteroatoms. The Morgan fingerprint density at radius 3 is 2.92 bits per heavy atom. The fraction of sp³-hybridized carbons (Fsp3) is 0.316. The zero-order valence-electron chi connectivity index (χ0n) is 14.3. The van der Waals surface area contributed by atoms with E-state index in [0.29, 0.717) is 6.54 Å². The number of ether oxygens (including phenoxy) is 1. The van der Waals surface area contributed by atoms with Crippen LogP contribution in [0.1, 0.15) is 30.7 Å². The monoisotopic (exact) mass is 352 g/mol. The number of hydrogen-bond donors (Lipinski definition) is 0. The van der Waals surface area contributed by atoms with Gasteiger partial charge >= 0.3 is 0 Å². The van der Waals surface area contributed by atoms with Crippen LogP contribution in [0.3, 0.4) is 0 Å². The van der Waals surface area contributed by atoms with E-state index >= 15 is 0 Å². The zero-order chi connectivity index (χ0) is 17.2. The highest BCUT2D eigenvalue weighted by atomic mass is 32.2. The van der Waals surface area contributed by atoms with Gasteiger partial charge in [-0.1, -0.05) is 6.07 Å². The van der Waals surface area contributed by atoms with Gasteiger partial charge in [-0.3, -0.25) is 4.99 Å². The molecule has 0 atom stereocenters. The molecular weight excluding hydrogens is 332 g/mol. The Balaban J connectivity index is 1.66. The summed E-state index contributed by atoms with van der Waals surface area (Å²) < 4.78 is 5.84. The predicted molar refractivity (Wildman–Crippen MR) is 103 cm³/mol. The van der Waals surface area contributed by atoms with Gasteiger partial charge in [-0.15, -0.1) is 11.8 Å². The van der Waals surface area contributed by atoms with Gasteiger partial charge in [0.1, 0.15) is 17.9 Å². The Morgan fingerprint density at radius 2 is 2.12 bits per heavy atom. The molecule has 0 bridgehead atoms. The second kappa shape index (κ2) is 6.88. The molecule has 0 aliphatic carbocycles. The quantitative estimate of drug-likeness (QED) is 0.841. The Morgan fingerprint density at radius 1 is 1.20 bits per heavy atom. The van der Waals surface area contributed by atoms with E-state index < -0.39 is 0 Å². The summed E-state index contributed by atoms with van der Waals surface area (Å²) in [5, 5.41) is 2.10. The Kier molecular flexibility index (Phi) is 4.44. The van der Waals surface area contributed by atoms with Crippen LogP contribution in [0.2, 0.25) is 0 Å². The summed E-state index contributed by atoms with van der Waals surface area (Å²) >= 11 is 1.82. The first kappa shape index (κ1) is 16.1. The minimum Gasteiger partial charge on any atom is -0.491 e. The third-order valence-electron chi connectivity index (χ3n) is 4.09. The van der Waals surface area contributed by atoms with Crippen molar-refractivity contribution in [3.05, 3.63) is 59.0 Å². The van der Waals surface area contributed by atoms with Gasteiger partial charge in [-0.25, -0.2) is 9.97 Å². The molecule has 1 aromatic carbocycles. The Hall–Kier alpha value is -2.34. The van der Waals surface area contributed by atoms with Crippen molar-refractivity contribution >= 4 is 23.3 Å². The highest BCUT2D eigenvalue weighted by Crippen LogP contribution is 2.28. The third-order valence-corrected chi connectivity index (χ3v) is 4.82. The molecule has 2 aromatic rings. The highest BCUT2D eigenvalue weighted by Gasteiger charge is 2.21. The largest absolute Gasteiger partial charge is 0.491 e. The second-order valence-corrected chi connectivity index (χ2v) is 7.27. The summed E-state index contributed by atoms with van der Waals surface area (Å²) in [6.07, 6.45) is 3.84. The van der Waals surface area contributed by atoms with Gasteiger partial charge in [-0.2, -0.15) is 0 Å². The van der Waals surface area contributed by atoms with Crippen LogP contribution >= 0.6 is 11.8 Å². The molecule has 2 aliphatic rings. The van der Waals surface area contributed by atoms with Crippen molar-refractivity contribution in [2.75, 3.05) is 17.2 Å². The van der Waals surface area contributed by atoms with Crippen LogP contribution in [0.25, 0.3) is 0 Å². The number of benzene rings is 1. The molecule has 0 saturated carbocycles. The van der Waals surface area contributed by atoms with E-state index in [1.54, 1.807) is 6.33 Å². The van der Waals surface area contributed by atoms with Gasteiger partial charge in [-0.05, 0) is 37.0 Å². The molecule has 0 amide bonds. The standard InChI is InChI=1S/C19H20N4OS/c1-13(2)24-15-4-3-14-11-20-19(16(14)9-15)17-10-18(22-12-21-17)23-5-7-25-8-6-23/h3-5,7,9-10,12-13H,6,8,11H2,1-2H3. The van der Waals surface area contributed by atoms with Gasteiger partial charge in [0.25, 0.3) is 0 Å². The van der Waals surface area contributed by atoms with E-state index in [1.165, 1.54) is 5.56 Å². The topological polar surface area (TPSA) is 50.6 Å². The number of nitrogens with zero attached hydrogens (tertiary/aromatic N) is 4. The lowest BCUT2D eigenvalue weighted by Crippen LogP contribution is -2.23. The Labute approximate surface area is 151 Å². The van der Waals surface area contributed by atoms with Crippen LogP contribution < -0.4 is 9.64 Å². The zero-order valence-corrected chi connectivity index (χ0v) is 15.2. The molecule has 0 N–H and O–H groups in total. The van der Waals surface area contributed by atoms with Gasteiger partial charge in [0.2, 0.25) is 0 Å². The molecule has 2 aliphatic heterocycles. The van der Waals surface area contributed by atoms with E-state index in [2.05, 4.69) is 38.6 Å². The van der Waals surface area contributed by atoms with Gasteiger partial charge in [0, 0.05) is 30.1 Å². The summed E-state index contributed by atoms with van der Waals surface area (Å²) in [6.45, 7) is 5.70. The summed E-state index contributed by atoms with van der Waals surface area (Å²) in [7, 11) is 0. The summed E-state index contributed by atoms with van der Waals surface area (Å²) in [5.41, 5.74) is 4.09. The average molecular weight is 352 g/mol. The SMILES string of the molecule is CC(C)Oc1ccc2c(c1)C(c1cc(N3C=CSCC3)ncn1)=NC2. The summed E-state index contributed by atoms with van der Waals surface area (Å²) in [5.74, 6) is 2.84. The second-order valence-electron chi connectivity index (χ2n) is 6.26.